The van der Waals surface area contributed by atoms with Crippen molar-refractivity contribution in [3.63, 3.8) is 0 Å². The molecule has 1 N–H and O–H groups in total. The molecule has 5 heteroatoms. The van der Waals surface area contributed by atoms with Gasteiger partial charge in [0.05, 0.1) is 12.2 Å². The molecule has 0 bridgehead atoms. The third-order valence-electron chi connectivity index (χ3n) is 4.87. The molecule has 2 heterocycles. The molecule has 0 aliphatic carbocycles. The summed E-state index contributed by atoms with van der Waals surface area (Å²) >= 11 is 0. The predicted molar refractivity (Wildman–Crippen MR) is 97.5 cm³/mol. The lowest BCUT2D eigenvalue weighted by atomic mass is 10.1. The Hall–Kier alpha value is -1.85. The molecule has 1 fully saturated rings. The van der Waals surface area contributed by atoms with Gasteiger partial charge in [-0.1, -0.05) is 17.3 Å². The van der Waals surface area contributed by atoms with Crippen molar-refractivity contribution in [1.29, 1.82) is 0 Å². The smallest absolute Gasteiger partial charge is 0.150 e. The molecular formula is C19H28N4O. The van der Waals surface area contributed by atoms with Crippen LogP contribution in [0.25, 0.3) is 0 Å². The molecule has 0 unspecified atom stereocenters. The van der Waals surface area contributed by atoms with Gasteiger partial charge in [-0.25, -0.2) is 0 Å². The number of piperazine rings is 1. The minimum absolute atomic E-state index is 0.753. The number of aromatic nitrogens is 1. The highest BCUT2D eigenvalue weighted by molar-refractivity contribution is 5.56. The minimum Gasteiger partial charge on any atom is -0.369 e. The van der Waals surface area contributed by atoms with Crippen LogP contribution < -0.4 is 10.2 Å². The quantitative estimate of drug-likeness (QED) is 0.826. The zero-order chi connectivity index (χ0) is 16.9. The molecule has 1 aliphatic rings. The van der Waals surface area contributed by atoms with E-state index in [2.05, 4.69) is 52.3 Å². The lowest BCUT2D eigenvalue weighted by Gasteiger charge is -2.37. The number of hydrogen-bond donors (Lipinski definition) is 1. The van der Waals surface area contributed by atoms with Crippen molar-refractivity contribution in [3.05, 3.63) is 46.8 Å². The molecule has 3 rings (SSSR count). The van der Waals surface area contributed by atoms with Crippen LogP contribution in [0.4, 0.5) is 5.69 Å². The van der Waals surface area contributed by atoms with Crippen molar-refractivity contribution >= 4 is 5.69 Å². The van der Waals surface area contributed by atoms with Crippen LogP contribution in [0, 0.1) is 20.8 Å². The number of nitrogens with zero attached hydrogens (tertiary/aromatic N) is 3. The number of rotatable bonds is 6. The molecule has 2 aromatic rings. The standard InChI is InChI=1S/C19H28N4O/c1-15-5-4-6-19(17(15)3)23-11-9-22(10-12-23)8-7-20-14-18-13-16(2)21-24-18/h4-6,13,20H,7-12,14H2,1-3H3. The van der Waals surface area contributed by atoms with Gasteiger partial charge < -0.3 is 14.7 Å². The maximum atomic E-state index is 5.21. The highest BCUT2D eigenvalue weighted by Crippen LogP contribution is 2.23. The van der Waals surface area contributed by atoms with Crippen LogP contribution in [-0.4, -0.2) is 49.3 Å². The van der Waals surface area contributed by atoms with Gasteiger partial charge in [-0.3, -0.25) is 4.90 Å². The molecule has 24 heavy (non-hydrogen) atoms. The predicted octanol–water partition coefficient (Wildman–Crippen LogP) is 2.51. The first-order valence-corrected chi connectivity index (χ1v) is 8.80. The Morgan fingerprint density at radius 3 is 2.62 bits per heavy atom. The zero-order valence-electron chi connectivity index (χ0n) is 15.0. The van der Waals surface area contributed by atoms with Crippen LogP contribution in [0.15, 0.2) is 28.8 Å². The maximum Gasteiger partial charge on any atom is 0.150 e. The molecule has 0 spiro atoms. The summed E-state index contributed by atoms with van der Waals surface area (Å²) < 4.78 is 5.21. The van der Waals surface area contributed by atoms with E-state index in [0.29, 0.717) is 0 Å². The van der Waals surface area contributed by atoms with Gasteiger partial charge in [-0.15, -0.1) is 0 Å². The summed E-state index contributed by atoms with van der Waals surface area (Å²) in [6.45, 7) is 13.6. The molecule has 0 radical (unpaired) electrons. The van der Waals surface area contributed by atoms with Crippen LogP contribution in [0.2, 0.25) is 0 Å². The molecule has 0 saturated carbocycles. The van der Waals surface area contributed by atoms with E-state index >= 15 is 0 Å². The van der Waals surface area contributed by atoms with E-state index in [1.165, 1.54) is 16.8 Å². The molecule has 1 saturated heterocycles. The Balaban J connectivity index is 1.40. The second-order valence-corrected chi connectivity index (χ2v) is 6.66. The van der Waals surface area contributed by atoms with Gasteiger partial charge >= 0.3 is 0 Å². The molecule has 1 aromatic heterocycles. The molecule has 0 atom stereocenters. The molecular weight excluding hydrogens is 300 g/mol. The fourth-order valence-corrected chi connectivity index (χ4v) is 3.24. The monoisotopic (exact) mass is 328 g/mol. The molecule has 5 nitrogen and oxygen atoms in total. The van der Waals surface area contributed by atoms with Crippen molar-refractivity contribution in [2.75, 3.05) is 44.2 Å². The molecule has 130 valence electrons. The summed E-state index contributed by atoms with van der Waals surface area (Å²) in [5.41, 5.74) is 5.12. The second-order valence-electron chi connectivity index (χ2n) is 6.66. The first kappa shape index (κ1) is 17.0. The van der Waals surface area contributed by atoms with Crippen LogP contribution >= 0.6 is 0 Å². The Kier molecular flexibility index (Phi) is 5.53. The Bertz CT molecular complexity index is 659. The number of aryl methyl sites for hydroxylation is 2. The van der Waals surface area contributed by atoms with E-state index in [0.717, 1.165) is 57.3 Å². The van der Waals surface area contributed by atoms with Crippen LogP contribution in [0.5, 0.6) is 0 Å². The van der Waals surface area contributed by atoms with E-state index < -0.39 is 0 Å². The van der Waals surface area contributed by atoms with E-state index in [-0.39, 0.29) is 0 Å². The normalized spacial score (nSPS) is 15.9. The first-order valence-electron chi connectivity index (χ1n) is 8.80. The summed E-state index contributed by atoms with van der Waals surface area (Å²) in [6, 6.07) is 8.59. The molecule has 1 aromatic carbocycles. The fourth-order valence-electron chi connectivity index (χ4n) is 3.24. The van der Waals surface area contributed by atoms with Crippen LogP contribution in [-0.2, 0) is 6.54 Å². The highest BCUT2D eigenvalue weighted by atomic mass is 16.5. The lowest BCUT2D eigenvalue weighted by Crippen LogP contribution is -2.48. The zero-order valence-corrected chi connectivity index (χ0v) is 15.0. The summed E-state index contributed by atoms with van der Waals surface area (Å²) in [5.74, 6) is 0.909. The second kappa shape index (κ2) is 7.81. The SMILES string of the molecule is Cc1cc(CNCCN2CCN(c3cccc(C)c3C)CC2)on1. The van der Waals surface area contributed by atoms with Crippen molar-refractivity contribution in [1.82, 2.24) is 15.4 Å². The van der Waals surface area contributed by atoms with Gasteiger partial charge in [0, 0.05) is 51.0 Å². The van der Waals surface area contributed by atoms with Gasteiger partial charge in [0.15, 0.2) is 5.76 Å². The number of anilines is 1. The average Bonchev–Trinajstić information content (AvgIpc) is 3.00. The molecule has 0 amide bonds. The number of nitrogens with one attached hydrogen (secondary N) is 1. The first-order chi connectivity index (χ1) is 11.6. The highest BCUT2D eigenvalue weighted by Gasteiger charge is 2.18. The van der Waals surface area contributed by atoms with Gasteiger partial charge in [0.2, 0.25) is 0 Å². The fraction of sp³-hybridized carbons (Fsp3) is 0.526. The van der Waals surface area contributed by atoms with Crippen molar-refractivity contribution in [3.8, 4) is 0 Å². The summed E-state index contributed by atoms with van der Waals surface area (Å²) in [6.07, 6.45) is 0. The van der Waals surface area contributed by atoms with E-state index in [1.807, 2.05) is 13.0 Å². The van der Waals surface area contributed by atoms with Crippen molar-refractivity contribution in [2.24, 2.45) is 0 Å². The maximum absolute atomic E-state index is 5.21. The van der Waals surface area contributed by atoms with E-state index in [9.17, 15) is 0 Å². The van der Waals surface area contributed by atoms with Crippen LogP contribution in [0.3, 0.4) is 0 Å². The number of benzene rings is 1. The van der Waals surface area contributed by atoms with Gasteiger partial charge in [0.25, 0.3) is 0 Å². The average molecular weight is 328 g/mol. The van der Waals surface area contributed by atoms with Crippen molar-refractivity contribution in [2.45, 2.75) is 27.3 Å². The van der Waals surface area contributed by atoms with Crippen LogP contribution in [0.1, 0.15) is 22.6 Å². The summed E-state index contributed by atoms with van der Waals surface area (Å²) in [4.78, 5) is 5.05. The van der Waals surface area contributed by atoms with Gasteiger partial charge in [-0.05, 0) is 38.0 Å². The van der Waals surface area contributed by atoms with E-state index in [4.69, 9.17) is 4.52 Å². The van der Waals surface area contributed by atoms with E-state index in [1.54, 1.807) is 0 Å². The third-order valence-corrected chi connectivity index (χ3v) is 4.87. The Morgan fingerprint density at radius 1 is 1.12 bits per heavy atom. The lowest BCUT2D eigenvalue weighted by molar-refractivity contribution is 0.255. The number of hydrogen-bond acceptors (Lipinski definition) is 5. The van der Waals surface area contributed by atoms with Crippen molar-refractivity contribution < 1.29 is 4.52 Å². The largest absolute Gasteiger partial charge is 0.369 e. The summed E-state index contributed by atoms with van der Waals surface area (Å²) in [7, 11) is 0. The Labute approximate surface area is 144 Å². The Morgan fingerprint density at radius 2 is 1.92 bits per heavy atom. The van der Waals surface area contributed by atoms with Gasteiger partial charge in [0.1, 0.15) is 0 Å². The molecule has 1 aliphatic heterocycles. The summed E-state index contributed by atoms with van der Waals surface area (Å²) in [5, 5.41) is 7.34. The van der Waals surface area contributed by atoms with Gasteiger partial charge in [-0.2, -0.15) is 0 Å². The topological polar surface area (TPSA) is 44.5 Å². The minimum atomic E-state index is 0.753. The third kappa shape index (κ3) is 4.16.